The highest BCUT2D eigenvalue weighted by Gasteiger charge is 2.11. The molecule has 0 radical (unpaired) electrons. The second-order valence-corrected chi connectivity index (χ2v) is 11.8. The lowest BCUT2D eigenvalue weighted by atomic mass is 10.1. The minimum Gasteiger partial charge on any atom is -0.493 e. The van der Waals surface area contributed by atoms with Gasteiger partial charge in [0, 0.05) is 30.2 Å². The van der Waals surface area contributed by atoms with Gasteiger partial charge < -0.3 is 25.0 Å². The standard InChI is InChI=1S/C33H49N3O3S.BrH/c1-4-5-6-7-8-9-10-11-12-13-14-15-22-39-32-23-30(20-21-31(32)38-3)35-33(37)34-29-18-16-28(17-19-29)25-36-24-27(2)40-26-36;/h16-21,23-24H,4-15,22,25-26H2,1-3H3,(H2,34,35,37);1H. The Labute approximate surface area is 262 Å². The number of rotatable bonds is 19. The Morgan fingerprint density at radius 2 is 1.41 bits per heavy atom. The molecule has 3 rings (SSSR count). The summed E-state index contributed by atoms with van der Waals surface area (Å²) in [5, 5.41) is 5.82. The van der Waals surface area contributed by atoms with E-state index in [4.69, 9.17) is 9.47 Å². The Hall–Kier alpha value is -2.32. The molecule has 2 aromatic carbocycles. The SMILES string of the molecule is Br.CCCCCCCCCCCCCCOc1cc(NC(=O)Nc2ccc(CN3C=C(C)SC3)cc2)ccc1OC. The number of halogens is 1. The number of urea groups is 1. The number of allylic oxidation sites excluding steroid dienone is 1. The quantitative estimate of drug-likeness (QED) is 0.149. The van der Waals surface area contributed by atoms with E-state index in [0.717, 1.165) is 24.5 Å². The average Bonchev–Trinajstić information content (AvgIpc) is 3.36. The van der Waals surface area contributed by atoms with E-state index >= 15 is 0 Å². The lowest BCUT2D eigenvalue weighted by Crippen LogP contribution is -2.19. The highest BCUT2D eigenvalue weighted by molar-refractivity contribution is 8.93. The molecule has 8 heteroatoms. The van der Waals surface area contributed by atoms with Crippen molar-refractivity contribution in [3.8, 4) is 11.5 Å². The van der Waals surface area contributed by atoms with Crippen LogP contribution in [0.15, 0.2) is 53.6 Å². The third kappa shape index (κ3) is 13.9. The molecule has 0 spiro atoms. The monoisotopic (exact) mass is 647 g/mol. The smallest absolute Gasteiger partial charge is 0.323 e. The number of methoxy groups -OCH3 is 1. The Morgan fingerprint density at radius 3 is 2.00 bits per heavy atom. The second kappa shape index (κ2) is 20.5. The largest absolute Gasteiger partial charge is 0.493 e. The number of benzene rings is 2. The first-order chi connectivity index (χ1) is 19.6. The first-order valence-corrected chi connectivity index (χ1v) is 16.1. The van der Waals surface area contributed by atoms with Gasteiger partial charge >= 0.3 is 6.03 Å². The van der Waals surface area contributed by atoms with Crippen molar-refractivity contribution < 1.29 is 14.3 Å². The number of carbonyl (C=O) groups is 1. The van der Waals surface area contributed by atoms with Gasteiger partial charge in [0.2, 0.25) is 0 Å². The van der Waals surface area contributed by atoms with Crippen LogP contribution < -0.4 is 20.1 Å². The molecule has 2 amide bonds. The summed E-state index contributed by atoms with van der Waals surface area (Å²) in [6.45, 7) is 5.91. The summed E-state index contributed by atoms with van der Waals surface area (Å²) in [5.74, 6) is 2.31. The van der Waals surface area contributed by atoms with Gasteiger partial charge in [0.15, 0.2) is 11.5 Å². The zero-order valence-electron chi connectivity index (χ0n) is 25.2. The summed E-state index contributed by atoms with van der Waals surface area (Å²) in [4.78, 5) is 16.2. The van der Waals surface area contributed by atoms with Gasteiger partial charge in [-0.25, -0.2) is 4.79 Å². The maximum atomic E-state index is 12.6. The molecule has 0 fully saturated rings. The van der Waals surface area contributed by atoms with Gasteiger partial charge in [-0.1, -0.05) is 89.7 Å². The molecule has 6 nitrogen and oxygen atoms in total. The van der Waals surface area contributed by atoms with Crippen LogP contribution >= 0.6 is 28.7 Å². The number of unbranched alkanes of at least 4 members (excludes halogenated alkanes) is 11. The normalized spacial score (nSPS) is 12.5. The van der Waals surface area contributed by atoms with Gasteiger partial charge in [0.25, 0.3) is 0 Å². The molecule has 1 aliphatic rings. The van der Waals surface area contributed by atoms with E-state index in [9.17, 15) is 4.79 Å². The maximum absolute atomic E-state index is 12.6. The lowest BCUT2D eigenvalue weighted by Gasteiger charge is -2.15. The number of anilines is 2. The first-order valence-electron chi connectivity index (χ1n) is 15.1. The molecule has 0 aromatic heterocycles. The van der Waals surface area contributed by atoms with Crippen LogP contribution in [0.4, 0.5) is 16.2 Å². The Bertz CT molecular complexity index is 1050. The maximum Gasteiger partial charge on any atom is 0.323 e. The van der Waals surface area contributed by atoms with Crippen LogP contribution in [0.3, 0.4) is 0 Å². The molecule has 0 saturated heterocycles. The van der Waals surface area contributed by atoms with Crippen molar-refractivity contribution in [1.29, 1.82) is 0 Å². The fraction of sp³-hybridized carbons (Fsp3) is 0.545. The molecular weight excluding hydrogens is 598 g/mol. The number of thioether (sulfide) groups is 1. The molecule has 41 heavy (non-hydrogen) atoms. The first kappa shape index (κ1) is 34.9. The molecular formula is C33H50BrN3O3S. The van der Waals surface area contributed by atoms with Crippen LogP contribution in [0, 0.1) is 0 Å². The van der Waals surface area contributed by atoms with E-state index in [1.54, 1.807) is 7.11 Å². The zero-order chi connectivity index (χ0) is 28.4. The van der Waals surface area contributed by atoms with Crippen molar-refractivity contribution in [3.05, 3.63) is 59.1 Å². The van der Waals surface area contributed by atoms with Crippen molar-refractivity contribution in [3.63, 3.8) is 0 Å². The molecule has 1 heterocycles. The summed E-state index contributed by atoms with van der Waals surface area (Å²) >= 11 is 1.86. The Morgan fingerprint density at radius 1 is 0.829 bits per heavy atom. The molecule has 0 atom stereocenters. The Balaban J connectivity index is 0.00000588. The van der Waals surface area contributed by atoms with Gasteiger partial charge in [-0.3, -0.25) is 0 Å². The van der Waals surface area contributed by atoms with Crippen LogP contribution in [0.2, 0.25) is 0 Å². The minimum absolute atomic E-state index is 0. The number of carbonyl (C=O) groups excluding carboxylic acids is 1. The Kier molecular flexibility index (Phi) is 17.5. The molecule has 2 N–H and O–H groups in total. The van der Waals surface area contributed by atoms with E-state index in [1.165, 1.54) is 81.1 Å². The molecule has 1 aliphatic heterocycles. The fourth-order valence-electron chi connectivity index (χ4n) is 4.82. The number of nitrogens with one attached hydrogen (secondary N) is 2. The summed E-state index contributed by atoms with van der Waals surface area (Å²) in [5.41, 5.74) is 2.62. The van der Waals surface area contributed by atoms with E-state index in [1.807, 2.05) is 42.1 Å². The highest BCUT2D eigenvalue weighted by atomic mass is 79.9. The van der Waals surface area contributed by atoms with Gasteiger partial charge in [-0.05, 0) is 48.1 Å². The van der Waals surface area contributed by atoms with Gasteiger partial charge in [-0.2, -0.15) is 0 Å². The van der Waals surface area contributed by atoms with Crippen molar-refractivity contribution in [2.24, 2.45) is 0 Å². The number of ether oxygens (including phenoxy) is 2. The third-order valence-corrected chi connectivity index (χ3v) is 8.12. The fourth-order valence-corrected chi connectivity index (χ4v) is 5.58. The van der Waals surface area contributed by atoms with Crippen LogP contribution in [-0.4, -0.2) is 30.5 Å². The van der Waals surface area contributed by atoms with Crippen molar-refractivity contribution in [2.45, 2.75) is 97.4 Å². The van der Waals surface area contributed by atoms with E-state index < -0.39 is 0 Å². The van der Waals surface area contributed by atoms with Crippen molar-refractivity contribution in [1.82, 2.24) is 4.90 Å². The van der Waals surface area contributed by atoms with Crippen LogP contribution in [0.1, 0.15) is 96.5 Å². The van der Waals surface area contributed by atoms with Crippen molar-refractivity contribution in [2.75, 3.05) is 30.2 Å². The molecule has 0 unspecified atom stereocenters. The second-order valence-electron chi connectivity index (χ2n) is 10.6. The van der Waals surface area contributed by atoms with Crippen LogP contribution in [0.5, 0.6) is 11.5 Å². The molecule has 0 saturated carbocycles. The van der Waals surface area contributed by atoms with Crippen LogP contribution in [-0.2, 0) is 6.54 Å². The van der Waals surface area contributed by atoms with Crippen LogP contribution in [0.25, 0.3) is 0 Å². The summed E-state index contributed by atoms with van der Waals surface area (Å²) in [6.07, 6.45) is 18.0. The minimum atomic E-state index is -0.292. The molecule has 2 aromatic rings. The number of nitrogens with zero attached hydrogens (tertiary/aromatic N) is 1. The highest BCUT2D eigenvalue weighted by Crippen LogP contribution is 2.31. The van der Waals surface area contributed by atoms with Gasteiger partial charge in [0.05, 0.1) is 19.6 Å². The summed E-state index contributed by atoms with van der Waals surface area (Å²) in [6, 6.07) is 13.2. The van der Waals surface area contributed by atoms with Gasteiger partial charge in [-0.15, -0.1) is 28.7 Å². The topological polar surface area (TPSA) is 62.8 Å². The third-order valence-electron chi connectivity index (χ3n) is 7.10. The molecule has 228 valence electrons. The number of hydrogen-bond donors (Lipinski definition) is 2. The van der Waals surface area contributed by atoms with E-state index in [-0.39, 0.29) is 23.0 Å². The predicted octanol–water partition coefficient (Wildman–Crippen LogP) is 10.4. The summed E-state index contributed by atoms with van der Waals surface area (Å²) in [7, 11) is 1.63. The number of hydrogen-bond acceptors (Lipinski definition) is 5. The summed E-state index contributed by atoms with van der Waals surface area (Å²) < 4.78 is 11.5. The molecule has 0 aliphatic carbocycles. The van der Waals surface area contributed by atoms with E-state index in [2.05, 4.69) is 47.7 Å². The number of amides is 2. The van der Waals surface area contributed by atoms with Gasteiger partial charge in [0.1, 0.15) is 0 Å². The van der Waals surface area contributed by atoms with Crippen molar-refractivity contribution >= 4 is 46.1 Å². The predicted molar refractivity (Wildman–Crippen MR) is 181 cm³/mol. The molecule has 0 bridgehead atoms. The average molecular weight is 649 g/mol. The van der Waals surface area contributed by atoms with E-state index in [0.29, 0.717) is 23.8 Å². The lowest BCUT2D eigenvalue weighted by molar-refractivity contribution is 0.262. The zero-order valence-corrected chi connectivity index (χ0v) is 27.7.